The number of aliphatic hydroxyl groups excluding tert-OH is 1. The molecule has 0 aromatic heterocycles. The second kappa shape index (κ2) is 10.6. The third-order valence-corrected chi connectivity index (χ3v) is 6.59. The van der Waals surface area contributed by atoms with Gasteiger partial charge >= 0.3 is 0 Å². The molecule has 0 radical (unpaired) electrons. The third kappa shape index (κ3) is 4.74. The van der Waals surface area contributed by atoms with Gasteiger partial charge in [-0.2, -0.15) is 0 Å². The number of anilines is 1. The van der Waals surface area contributed by atoms with E-state index in [0.717, 1.165) is 11.1 Å². The van der Waals surface area contributed by atoms with Crippen molar-refractivity contribution in [1.82, 2.24) is 0 Å². The fraction of sp³-hybridized carbons (Fsp3) is 0.241. The molecule has 1 N–H and O–H groups in total. The van der Waals surface area contributed by atoms with Crippen molar-refractivity contribution in [2.45, 2.75) is 26.8 Å². The summed E-state index contributed by atoms with van der Waals surface area (Å²) >= 11 is 6.30. The zero-order valence-corrected chi connectivity index (χ0v) is 22.1. The van der Waals surface area contributed by atoms with Crippen LogP contribution >= 0.6 is 11.6 Å². The van der Waals surface area contributed by atoms with Crippen molar-refractivity contribution in [3.8, 4) is 17.2 Å². The van der Waals surface area contributed by atoms with E-state index in [1.54, 1.807) is 30.3 Å². The molecule has 3 aromatic rings. The van der Waals surface area contributed by atoms with Crippen LogP contribution in [0.25, 0.3) is 5.76 Å². The SMILES string of the molecule is CCOc1cc(C2/C(=C(/O)c3ccc(OC)c(Cl)c3)C(=O)C(=O)N2c2cc(C)ccc2C)ccc1OC. The van der Waals surface area contributed by atoms with Crippen molar-refractivity contribution in [3.63, 3.8) is 0 Å². The summed E-state index contributed by atoms with van der Waals surface area (Å²) < 4.78 is 16.4. The van der Waals surface area contributed by atoms with Gasteiger partial charge in [0.25, 0.3) is 11.7 Å². The smallest absolute Gasteiger partial charge is 0.300 e. The van der Waals surface area contributed by atoms with Gasteiger partial charge in [0, 0.05) is 11.3 Å². The highest BCUT2D eigenvalue weighted by atomic mass is 35.5. The van der Waals surface area contributed by atoms with Crippen molar-refractivity contribution in [3.05, 3.63) is 87.4 Å². The predicted octanol–water partition coefficient (Wildman–Crippen LogP) is 6.00. The molecule has 1 unspecified atom stereocenters. The molecule has 0 spiro atoms. The lowest BCUT2D eigenvalue weighted by Gasteiger charge is -2.27. The molecule has 1 aliphatic heterocycles. The summed E-state index contributed by atoms with van der Waals surface area (Å²) in [6.45, 7) is 6.02. The van der Waals surface area contributed by atoms with Gasteiger partial charge in [-0.3, -0.25) is 14.5 Å². The molecule has 1 saturated heterocycles. The highest BCUT2D eigenvalue weighted by molar-refractivity contribution is 6.51. The normalized spacial score (nSPS) is 16.7. The van der Waals surface area contributed by atoms with Gasteiger partial charge in [-0.05, 0) is 73.9 Å². The van der Waals surface area contributed by atoms with Crippen LogP contribution in [0.4, 0.5) is 5.69 Å². The maximum atomic E-state index is 13.5. The molecule has 1 atom stereocenters. The van der Waals surface area contributed by atoms with E-state index >= 15 is 0 Å². The van der Waals surface area contributed by atoms with Gasteiger partial charge in [0.15, 0.2) is 11.5 Å². The van der Waals surface area contributed by atoms with E-state index in [0.29, 0.717) is 35.1 Å². The number of Topliss-reactive ketones (excluding diaryl/α,β-unsaturated/α-hetero) is 1. The van der Waals surface area contributed by atoms with Crippen molar-refractivity contribution < 1.29 is 28.9 Å². The molecule has 8 heteroatoms. The Morgan fingerprint density at radius 1 is 0.946 bits per heavy atom. The first-order valence-corrected chi connectivity index (χ1v) is 12.1. The molecule has 192 valence electrons. The van der Waals surface area contributed by atoms with Crippen LogP contribution in [-0.4, -0.2) is 37.6 Å². The summed E-state index contributed by atoms with van der Waals surface area (Å²) in [6, 6.07) is 14.6. The van der Waals surface area contributed by atoms with Gasteiger partial charge in [0.05, 0.1) is 37.5 Å². The van der Waals surface area contributed by atoms with E-state index in [9.17, 15) is 14.7 Å². The average molecular weight is 522 g/mol. The Kier molecular flexibility index (Phi) is 7.45. The number of hydrogen-bond acceptors (Lipinski definition) is 6. The number of carbonyl (C=O) groups is 2. The number of hydrogen-bond donors (Lipinski definition) is 1. The summed E-state index contributed by atoms with van der Waals surface area (Å²) in [5, 5.41) is 11.7. The zero-order valence-electron chi connectivity index (χ0n) is 21.3. The van der Waals surface area contributed by atoms with Gasteiger partial charge in [0.1, 0.15) is 11.5 Å². The van der Waals surface area contributed by atoms with E-state index < -0.39 is 17.7 Å². The lowest BCUT2D eigenvalue weighted by atomic mass is 9.94. The summed E-state index contributed by atoms with van der Waals surface area (Å²) in [4.78, 5) is 28.5. The second-order valence-corrected chi connectivity index (χ2v) is 9.06. The summed E-state index contributed by atoms with van der Waals surface area (Å²) in [5.74, 6) is -0.493. The van der Waals surface area contributed by atoms with Crippen LogP contribution in [0, 0.1) is 13.8 Å². The van der Waals surface area contributed by atoms with Crippen LogP contribution in [0.5, 0.6) is 17.2 Å². The van der Waals surface area contributed by atoms with Crippen LogP contribution in [0.15, 0.2) is 60.2 Å². The highest BCUT2D eigenvalue weighted by Crippen LogP contribution is 2.45. The molecule has 0 saturated carbocycles. The van der Waals surface area contributed by atoms with Gasteiger partial charge in [-0.25, -0.2) is 0 Å². The number of carbonyl (C=O) groups excluding carboxylic acids is 2. The zero-order chi connectivity index (χ0) is 26.9. The molecule has 1 heterocycles. The molecule has 3 aromatic carbocycles. The molecule has 0 aliphatic carbocycles. The molecule has 7 nitrogen and oxygen atoms in total. The molecule has 4 rings (SSSR count). The van der Waals surface area contributed by atoms with Crippen molar-refractivity contribution in [2.75, 3.05) is 25.7 Å². The van der Waals surface area contributed by atoms with Crippen LogP contribution in [0.2, 0.25) is 5.02 Å². The quantitative estimate of drug-likeness (QED) is 0.233. The summed E-state index contributed by atoms with van der Waals surface area (Å²) in [7, 11) is 3.02. The maximum absolute atomic E-state index is 13.5. The Hall–Kier alpha value is -3.97. The highest BCUT2D eigenvalue weighted by Gasteiger charge is 2.47. The summed E-state index contributed by atoms with van der Waals surface area (Å²) in [5.41, 5.74) is 3.11. The number of amides is 1. The number of aliphatic hydroxyl groups is 1. The minimum Gasteiger partial charge on any atom is -0.507 e. The maximum Gasteiger partial charge on any atom is 0.300 e. The monoisotopic (exact) mass is 521 g/mol. The Morgan fingerprint density at radius 3 is 2.30 bits per heavy atom. The minimum atomic E-state index is -0.925. The summed E-state index contributed by atoms with van der Waals surface area (Å²) in [6.07, 6.45) is 0. The number of rotatable bonds is 7. The number of aryl methyl sites for hydroxylation is 2. The van der Waals surface area contributed by atoms with Gasteiger partial charge in [0.2, 0.25) is 0 Å². The molecule has 1 aliphatic rings. The number of ether oxygens (including phenoxy) is 3. The number of nitrogens with zero attached hydrogens (tertiary/aromatic N) is 1. The first-order chi connectivity index (χ1) is 17.7. The van der Waals surface area contributed by atoms with Crippen molar-refractivity contribution >= 4 is 34.7 Å². The van der Waals surface area contributed by atoms with Crippen LogP contribution in [-0.2, 0) is 9.59 Å². The number of benzene rings is 3. The number of methoxy groups -OCH3 is 2. The fourth-order valence-corrected chi connectivity index (χ4v) is 4.73. The van der Waals surface area contributed by atoms with Crippen molar-refractivity contribution in [1.29, 1.82) is 0 Å². The van der Waals surface area contributed by atoms with Crippen molar-refractivity contribution in [2.24, 2.45) is 0 Å². The lowest BCUT2D eigenvalue weighted by molar-refractivity contribution is -0.132. The van der Waals surface area contributed by atoms with E-state index in [1.165, 1.54) is 25.2 Å². The average Bonchev–Trinajstić information content (AvgIpc) is 3.15. The number of halogens is 1. The third-order valence-electron chi connectivity index (χ3n) is 6.30. The lowest BCUT2D eigenvalue weighted by Crippen LogP contribution is -2.30. The van der Waals surface area contributed by atoms with E-state index in [2.05, 4.69) is 0 Å². The number of ketones is 1. The molecular weight excluding hydrogens is 494 g/mol. The van der Waals surface area contributed by atoms with E-state index in [4.69, 9.17) is 25.8 Å². The first-order valence-electron chi connectivity index (χ1n) is 11.7. The van der Waals surface area contributed by atoms with Crippen LogP contribution in [0.1, 0.15) is 35.2 Å². The van der Waals surface area contributed by atoms with Gasteiger partial charge in [-0.15, -0.1) is 0 Å². The van der Waals surface area contributed by atoms with Gasteiger partial charge < -0.3 is 19.3 Å². The molecular formula is C29H28ClNO6. The molecule has 0 bridgehead atoms. The van der Waals surface area contributed by atoms with E-state index in [-0.39, 0.29) is 21.9 Å². The minimum absolute atomic E-state index is 0.0558. The van der Waals surface area contributed by atoms with Crippen LogP contribution < -0.4 is 19.1 Å². The Balaban J connectivity index is 1.99. The standard InChI is InChI=1S/C29H28ClNO6/c1-6-37-24-15-18(9-12-23(24)36-5)26-25(27(32)19-10-11-22(35-4)20(30)14-19)28(33)29(34)31(26)21-13-16(2)7-8-17(21)3/h7-15,26,32H,6H2,1-5H3/b27-25-. The molecule has 1 fully saturated rings. The first kappa shape index (κ1) is 26.1. The van der Waals surface area contributed by atoms with Gasteiger partial charge in [-0.1, -0.05) is 29.8 Å². The fourth-order valence-electron chi connectivity index (χ4n) is 4.48. The molecule has 1 amide bonds. The largest absolute Gasteiger partial charge is 0.507 e. The predicted molar refractivity (Wildman–Crippen MR) is 143 cm³/mol. The van der Waals surface area contributed by atoms with Crippen LogP contribution in [0.3, 0.4) is 0 Å². The van der Waals surface area contributed by atoms with E-state index in [1.807, 2.05) is 39.0 Å². The molecule has 37 heavy (non-hydrogen) atoms. The Labute approximate surface area is 220 Å². The Bertz CT molecular complexity index is 1410. The second-order valence-electron chi connectivity index (χ2n) is 8.65. The Morgan fingerprint density at radius 2 is 1.65 bits per heavy atom. The topological polar surface area (TPSA) is 85.3 Å².